The van der Waals surface area contributed by atoms with Crippen molar-refractivity contribution in [2.45, 2.75) is 44.5 Å². The topological polar surface area (TPSA) is 138 Å². The fraction of sp³-hybridized carbons (Fsp3) is 0.500. The Morgan fingerprint density at radius 1 is 1.35 bits per heavy atom. The number of nitrogens with one attached hydrogen (secondary N) is 1. The van der Waals surface area contributed by atoms with Crippen LogP contribution in [0.15, 0.2) is 21.3 Å². The van der Waals surface area contributed by atoms with E-state index in [0.717, 1.165) is 11.3 Å². The molecule has 1 aromatic heterocycles. The van der Waals surface area contributed by atoms with E-state index in [-0.39, 0.29) is 0 Å². The predicted molar refractivity (Wildman–Crippen MR) is 91.1 cm³/mol. The molecule has 0 radical (unpaired) electrons. The van der Waals surface area contributed by atoms with E-state index in [1.54, 1.807) is 19.1 Å². The number of carbonyl (C=O) groups excluding carboxylic acids is 1. The molecule has 26 heavy (non-hydrogen) atoms. The number of ether oxygens (including phenoxy) is 2. The van der Waals surface area contributed by atoms with Crippen LogP contribution in [0, 0.1) is 6.92 Å². The van der Waals surface area contributed by atoms with Crippen molar-refractivity contribution in [3.63, 3.8) is 0 Å². The maximum absolute atomic E-state index is 11.4. The lowest BCUT2D eigenvalue weighted by atomic mass is 9.97. The Morgan fingerprint density at radius 3 is 2.73 bits per heavy atom. The Morgan fingerprint density at radius 2 is 2.08 bits per heavy atom. The van der Waals surface area contributed by atoms with Crippen LogP contribution in [0.4, 0.5) is 0 Å². The first-order valence-electron chi connectivity index (χ1n) is 7.91. The van der Waals surface area contributed by atoms with Gasteiger partial charge in [0.1, 0.15) is 35.7 Å². The van der Waals surface area contributed by atoms with Crippen molar-refractivity contribution in [3.8, 4) is 5.75 Å². The standard InChI is InChI=1S/C16H19NO8S/c1-6-8(3-4-9-14(6)26-16(22)25-9)23-15-11(17-7(2)19)13(21)12(20)10(5-18)24-15/h3-4,10-13,15,18,20-21H,5H2,1-2H3,(H,17,19)/t10-,11+,12+,13-,15-/m0/s1. The van der Waals surface area contributed by atoms with Crippen LogP contribution >= 0.6 is 11.3 Å². The predicted octanol–water partition coefficient (Wildman–Crippen LogP) is -0.515. The van der Waals surface area contributed by atoms with Gasteiger partial charge in [0.25, 0.3) is 0 Å². The van der Waals surface area contributed by atoms with E-state index in [1.165, 1.54) is 6.92 Å². The van der Waals surface area contributed by atoms with Crippen molar-refractivity contribution in [2.75, 3.05) is 6.61 Å². The highest BCUT2D eigenvalue weighted by Crippen LogP contribution is 2.32. The van der Waals surface area contributed by atoms with E-state index in [9.17, 15) is 24.9 Å². The van der Waals surface area contributed by atoms with Crippen LogP contribution < -0.4 is 15.0 Å². The van der Waals surface area contributed by atoms with Crippen molar-refractivity contribution < 1.29 is 34.0 Å². The third kappa shape index (κ3) is 3.46. The quantitative estimate of drug-likeness (QED) is 0.552. The average molecular weight is 385 g/mol. The molecule has 2 heterocycles. The summed E-state index contributed by atoms with van der Waals surface area (Å²) >= 11 is 0.930. The van der Waals surface area contributed by atoms with Crippen LogP contribution in [-0.2, 0) is 9.53 Å². The number of amides is 1. The SMILES string of the molecule is CC(=O)N[C@H]1[C@@H](Oc2ccc3oc(=O)sc3c2C)O[C@@H](CO)[C@@H](O)[C@H]1O. The molecule has 0 saturated carbocycles. The third-order valence-corrected chi connectivity index (χ3v) is 5.15. The van der Waals surface area contributed by atoms with Crippen molar-refractivity contribution in [1.29, 1.82) is 0 Å². The molecule has 0 bridgehead atoms. The van der Waals surface area contributed by atoms with E-state index in [2.05, 4.69) is 5.32 Å². The second-order valence-electron chi connectivity index (χ2n) is 6.02. The van der Waals surface area contributed by atoms with Crippen LogP contribution in [0.25, 0.3) is 10.3 Å². The fourth-order valence-corrected chi connectivity index (χ4v) is 3.64. The molecule has 1 saturated heterocycles. The van der Waals surface area contributed by atoms with E-state index >= 15 is 0 Å². The molecule has 1 aromatic carbocycles. The van der Waals surface area contributed by atoms with Crippen LogP contribution in [0.2, 0.25) is 0 Å². The number of hydrogen-bond donors (Lipinski definition) is 4. The summed E-state index contributed by atoms with van der Waals surface area (Å²) in [4.78, 5) is 22.4. The monoisotopic (exact) mass is 385 g/mol. The summed E-state index contributed by atoms with van der Waals surface area (Å²) in [6.07, 6.45) is -5.02. The number of hydrogen-bond acceptors (Lipinski definition) is 9. The minimum atomic E-state index is -1.40. The molecule has 10 heteroatoms. The van der Waals surface area contributed by atoms with Gasteiger partial charge < -0.3 is 34.5 Å². The van der Waals surface area contributed by atoms with Crippen LogP contribution in [0.5, 0.6) is 5.75 Å². The van der Waals surface area contributed by atoms with E-state index in [4.69, 9.17) is 13.9 Å². The molecule has 0 spiro atoms. The van der Waals surface area contributed by atoms with Gasteiger partial charge in [0.15, 0.2) is 0 Å². The van der Waals surface area contributed by atoms with Crippen molar-refractivity contribution in [2.24, 2.45) is 0 Å². The number of aryl methyl sites for hydroxylation is 1. The second-order valence-corrected chi connectivity index (χ2v) is 6.97. The first kappa shape index (κ1) is 18.8. The normalized spacial score (nSPS) is 28.9. The third-order valence-electron chi connectivity index (χ3n) is 4.19. The van der Waals surface area contributed by atoms with Gasteiger partial charge in [0, 0.05) is 12.5 Å². The van der Waals surface area contributed by atoms with Gasteiger partial charge in [-0.05, 0) is 19.1 Å². The Kier molecular flexibility index (Phi) is 5.30. The highest BCUT2D eigenvalue weighted by atomic mass is 32.1. The molecule has 142 valence electrons. The van der Waals surface area contributed by atoms with Gasteiger partial charge in [0.2, 0.25) is 12.2 Å². The number of benzene rings is 1. The van der Waals surface area contributed by atoms with Gasteiger partial charge >= 0.3 is 4.94 Å². The molecule has 9 nitrogen and oxygen atoms in total. The zero-order valence-electron chi connectivity index (χ0n) is 14.0. The van der Waals surface area contributed by atoms with Crippen LogP contribution in [-0.4, -0.2) is 58.5 Å². The molecular formula is C16H19NO8S. The summed E-state index contributed by atoms with van der Waals surface area (Å²) < 4.78 is 17.0. The number of rotatable bonds is 4. The lowest BCUT2D eigenvalue weighted by Gasteiger charge is -2.42. The maximum Gasteiger partial charge on any atom is 0.396 e. The molecule has 2 aromatic rings. The highest BCUT2D eigenvalue weighted by Gasteiger charge is 2.46. The summed E-state index contributed by atoms with van der Waals surface area (Å²) in [5, 5.41) is 32.1. The van der Waals surface area contributed by atoms with Gasteiger partial charge in [-0.15, -0.1) is 0 Å². The molecule has 5 atom stereocenters. The zero-order valence-corrected chi connectivity index (χ0v) is 14.9. The lowest BCUT2D eigenvalue weighted by molar-refractivity contribution is -0.244. The number of aliphatic hydroxyl groups excluding tert-OH is 3. The van der Waals surface area contributed by atoms with E-state index in [0.29, 0.717) is 21.6 Å². The number of carbonyl (C=O) groups is 1. The van der Waals surface area contributed by atoms with E-state index in [1.807, 2.05) is 0 Å². The van der Waals surface area contributed by atoms with E-state index < -0.39 is 48.1 Å². The minimum Gasteiger partial charge on any atom is -0.462 e. The van der Waals surface area contributed by atoms with Gasteiger partial charge in [-0.25, -0.2) is 4.79 Å². The summed E-state index contributed by atoms with van der Waals surface area (Å²) in [6, 6.07) is 2.09. The van der Waals surface area contributed by atoms with Gasteiger partial charge in [-0.2, -0.15) is 0 Å². The molecule has 3 rings (SSSR count). The average Bonchev–Trinajstić information content (AvgIpc) is 2.97. The molecule has 0 unspecified atom stereocenters. The first-order chi connectivity index (χ1) is 12.3. The Balaban J connectivity index is 1.93. The molecule has 1 aliphatic rings. The van der Waals surface area contributed by atoms with Crippen LogP contribution in [0.1, 0.15) is 12.5 Å². The minimum absolute atomic E-state index is 0.357. The summed E-state index contributed by atoms with van der Waals surface area (Å²) in [6.45, 7) is 2.45. The van der Waals surface area contributed by atoms with Gasteiger partial charge in [-0.1, -0.05) is 11.3 Å². The highest BCUT2D eigenvalue weighted by molar-refractivity contribution is 7.16. The molecule has 0 aliphatic carbocycles. The Hall–Kier alpha value is -1.98. The Labute approximate surface area is 151 Å². The first-order valence-corrected chi connectivity index (χ1v) is 8.73. The smallest absolute Gasteiger partial charge is 0.396 e. The summed E-state index contributed by atoms with van der Waals surface area (Å²) in [5.74, 6) is -0.0868. The molecule has 1 fully saturated rings. The number of fused-ring (bicyclic) bond motifs is 1. The zero-order chi connectivity index (χ0) is 19.0. The largest absolute Gasteiger partial charge is 0.462 e. The Bertz CT molecular complexity index is 862. The molecule has 4 N–H and O–H groups in total. The van der Waals surface area contributed by atoms with Crippen LogP contribution in [0.3, 0.4) is 0 Å². The molecule has 1 aliphatic heterocycles. The molecule has 1 amide bonds. The lowest BCUT2D eigenvalue weighted by Crippen LogP contribution is -2.65. The van der Waals surface area contributed by atoms with Crippen molar-refractivity contribution in [3.05, 3.63) is 27.4 Å². The number of aliphatic hydroxyl groups is 3. The van der Waals surface area contributed by atoms with Gasteiger partial charge in [0.05, 0.1) is 11.3 Å². The summed E-state index contributed by atoms with van der Waals surface area (Å²) in [7, 11) is 0. The summed E-state index contributed by atoms with van der Waals surface area (Å²) in [5.41, 5.74) is 1.06. The fourth-order valence-electron chi connectivity index (χ4n) is 2.87. The van der Waals surface area contributed by atoms with Crippen molar-refractivity contribution in [1.82, 2.24) is 5.32 Å². The second kappa shape index (κ2) is 7.33. The maximum atomic E-state index is 11.4. The van der Waals surface area contributed by atoms with Gasteiger partial charge in [-0.3, -0.25) is 4.79 Å². The molecular weight excluding hydrogens is 366 g/mol. The van der Waals surface area contributed by atoms with Crippen molar-refractivity contribution >= 4 is 27.5 Å².